The predicted octanol–water partition coefficient (Wildman–Crippen LogP) is 9.23. The summed E-state index contributed by atoms with van der Waals surface area (Å²) < 4.78 is 109. The van der Waals surface area contributed by atoms with Gasteiger partial charge in [0.05, 0.1) is 52.4 Å². The third kappa shape index (κ3) is 81.1. The molecule has 0 aliphatic rings. The van der Waals surface area contributed by atoms with E-state index >= 15 is 0 Å². The van der Waals surface area contributed by atoms with Gasteiger partial charge in [-0.05, 0) is 51.4 Å². The van der Waals surface area contributed by atoms with E-state index in [4.69, 9.17) is 57.4 Å². The topological polar surface area (TPSA) is 323 Å². The monoisotopic (exact) mass is 1710 g/mol. The van der Waals surface area contributed by atoms with Crippen LogP contribution in [0.3, 0.4) is 0 Å². The van der Waals surface area contributed by atoms with Crippen LogP contribution in [0.5, 0.6) is 0 Å². The van der Waals surface area contributed by atoms with E-state index < -0.39 is 31.6 Å². The number of rotatable bonds is 40. The lowest BCUT2D eigenvalue weighted by molar-refractivity contribution is -0.697. The van der Waals surface area contributed by atoms with Gasteiger partial charge in [0.25, 0.3) is 0 Å². The van der Waals surface area contributed by atoms with E-state index in [0.29, 0.717) is 0 Å². The Morgan fingerprint density at radius 3 is 0.388 bits per heavy atom. The van der Waals surface area contributed by atoms with Crippen molar-refractivity contribution < 1.29 is 111 Å². The number of imidazole rings is 8. The molecule has 8 rings (SSSR count). The average molecular weight is 1710 g/mol. The Labute approximate surface area is 689 Å². The van der Waals surface area contributed by atoms with Gasteiger partial charge in [0.15, 0.2) is 0 Å². The van der Waals surface area contributed by atoms with Crippen molar-refractivity contribution in [1.82, 2.24) is 36.5 Å². The molecule has 36 heteroatoms. The molecule has 0 spiro atoms. The molecule has 8 heterocycles. The molecule has 0 unspecified atom stereocenters. The van der Waals surface area contributed by atoms with Crippen LogP contribution in [0.2, 0.25) is 0 Å². The lowest BCUT2D eigenvalue weighted by Crippen LogP contribution is -2.30. The minimum absolute atomic E-state index is 0.902. The van der Waals surface area contributed by atoms with Crippen LogP contribution in [0.4, 0.5) is 16.8 Å². The van der Waals surface area contributed by atoms with Gasteiger partial charge in [-0.1, -0.05) is 208 Å². The lowest BCUT2D eigenvalue weighted by Gasteiger charge is -2.15. The molecule has 0 amide bonds. The van der Waals surface area contributed by atoms with E-state index in [0.717, 1.165) is 105 Å². The van der Waals surface area contributed by atoms with Crippen molar-refractivity contribution in [1.29, 1.82) is 0 Å². The molecule has 116 heavy (non-hydrogen) atoms. The number of unbranched alkanes of at least 4 members (excludes halogenated alkanes) is 8. The third-order valence-corrected chi connectivity index (χ3v) is 14.8. The highest BCUT2D eigenvalue weighted by Crippen LogP contribution is 2.24. The third-order valence-electron chi connectivity index (χ3n) is 14.8. The standard InChI is InChI=1S/8C10H17N2.4FH2O3P/c8*1-3-5-7-12-9-8-11(10-12)6-4-2;4*1-5(2,3)4/h8*4,8-10H,2-3,5-7H2,1H3;4*(H2,2,3,4)/q8*+1;;;;/p-8. The number of nitrogens with zero attached hydrogens (tertiary/aromatic N) is 16. The number of aryl methyl sites for hydroxylation is 8. The first kappa shape index (κ1) is 114. The fourth-order valence-electron chi connectivity index (χ4n) is 9.35. The van der Waals surface area contributed by atoms with E-state index in [1.165, 1.54) is 103 Å². The van der Waals surface area contributed by atoms with Gasteiger partial charge in [-0.25, -0.2) is 89.9 Å². The molecule has 8 aromatic heterocycles. The van der Waals surface area contributed by atoms with Crippen LogP contribution in [-0.4, -0.2) is 36.5 Å². The molecule has 0 aromatic carbocycles. The van der Waals surface area contributed by atoms with Crippen LogP contribution in [0.1, 0.15) is 158 Å². The second kappa shape index (κ2) is 73.3. The van der Waals surface area contributed by atoms with Crippen molar-refractivity contribution in [2.75, 3.05) is 0 Å². The first-order chi connectivity index (χ1) is 54.9. The van der Waals surface area contributed by atoms with Gasteiger partial charge >= 0.3 is 0 Å². The molecule has 0 aliphatic heterocycles. The minimum Gasteiger partial charge on any atom is -0.786 e. The van der Waals surface area contributed by atoms with Gasteiger partial charge in [-0.15, -0.1) is 0 Å². The Morgan fingerprint density at radius 1 is 0.233 bits per heavy atom. The maximum Gasteiger partial charge on any atom is 0.244 e. The highest BCUT2D eigenvalue weighted by molar-refractivity contribution is 7.43. The van der Waals surface area contributed by atoms with E-state index in [-0.39, 0.29) is 0 Å². The van der Waals surface area contributed by atoms with Crippen molar-refractivity contribution in [3.63, 3.8) is 0 Å². The van der Waals surface area contributed by atoms with Crippen LogP contribution in [0, 0.1) is 0 Å². The summed E-state index contributed by atoms with van der Waals surface area (Å²) in [6.45, 7) is 63.5. The molecule has 28 nitrogen and oxygen atoms in total. The molecule has 0 N–H and O–H groups in total. The Bertz CT molecular complexity index is 3210. The van der Waals surface area contributed by atoms with Crippen molar-refractivity contribution in [3.8, 4) is 0 Å². The second-order valence-corrected chi connectivity index (χ2v) is 29.1. The molecule has 0 saturated carbocycles. The summed E-state index contributed by atoms with van der Waals surface area (Å²) in [4.78, 5) is 67.5. The van der Waals surface area contributed by atoms with Crippen molar-refractivity contribution in [3.05, 3.63) is 251 Å². The van der Waals surface area contributed by atoms with Crippen LogP contribution in [0.15, 0.2) is 251 Å². The number of aromatic nitrogens is 16. The summed E-state index contributed by atoms with van der Waals surface area (Å²) in [5, 5.41) is 0. The molecule has 0 radical (unpaired) electrons. The SMILES string of the molecule is C=CCn1cc[n+](CCCC)c1.C=CCn1cc[n+](CCCC)c1.C=CCn1cc[n+](CCCC)c1.C=CCn1cc[n+](CCCC)c1.C=CCn1cc[n+](CCCC)c1.C=CCn1cc[n+](CCCC)c1.C=CCn1cc[n+](CCCC)c1.C=CCn1cc[n+](CCCC)c1.O=P([O-])([O-])F.O=P([O-])([O-])F.O=P([O-])([O-])F.O=P([O-])([O-])F. The molecule has 656 valence electrons. The predicted molar refractivity (Wildman–Crippen MR) is 433 cm³/mol. The Morgan fingerprint density at radius 2 is 0.319 bits per heavy atom. The van der Waals surface area contributed by atoms with Gasteiger partial charge in [0.2, 0.25) is 50.6 Å². The summed E-state index contributed by atoms with van der Waals surface area (Å²) in [5.74, 6) is 0. The molecule has 0 aliphatic carbocycles. The van der Waals surface area contributed by atoms with Gasteiger partial charge < -0.3 is 57.4 Å². The first-order valence-electron chi connectivity index (χ1n) is 39.0. The number of hydrogen-bond acceptors (Lipinski definition) is 12. The van der Waals surface area contributed by atoms with Crippen molar-refractivity contribution in [2.45, 2.75) is 263 Å². The van der Waals surface area contributed by atoms with Crippen LogP contribution >= 0.6 is 31.6 Å². The largest absolute Gasteiger partial charge is 0.786 e. The Balaban J connectivity index is -0.000000598. The smallest absolute Gasteiger partial charge is 0.244 e. The second-order valence-electron chi connectivity index (χ2n) is 25.6. The summed E-state index contributed by atoms with van der Waals surface area (Å²) in [6, 6.07) is 0. The molecule has 8 aromatic rings. The van der Waals surface area contributed by atoms with Gasteiger partial charge in [0, 0.05) is 0 Å². The van der Waals surface area contributed by atoms with Gasteiger partial charge in [0.1, 0.15) is 183 Å². The normalized spacial score (nSPS) is 10.4. The fourth-order valence-corrected chi connectivity index (χ4v) is 9.35. The van der Waals surface area contributed by atoms with Crippen molar-refractivity contribution >= 4 is 31.6 Å². The quantitative estimate of drug-likeness (QED) is 0.0150. The average Bonchev–Trinajstić information content (AvgIpc) is 1.85. The number of allylic oxidation sites excluding steroid dienone is 8. The fraction of sp³-hybridized carbons (Fsp3) is 0.500. The van der Waals surface area contributed by atoms with Gasteiger partial charge in [-0.2, -0.15) is 0 Å². The Kier molecular flexibility index (Phi) is 72.2. The van der Waals surface area contributed by atoms with Crippen LogP contribution in [0.25, 0.3) is 0 Å². The zero-order valence-corrected chi connectivity index (χ0v) is 73.7. The molecular formula is C80H136F4N16O12P4. The Hall–Kier alpha value is -8.08. The van der Waals surface area contributed by atoms with E-state index in [1.54, 1.807) is 0 Å². The highest BCUT2D eigenvalue weighted by atomic mass is 31.2. The summed E-state index contributed by atoms with van der Waals surface area (Å²) in [6.07, 6.45) is 85.8. The number of halogens is 4. The van der Waals surface area contributed by atoms with Gasteiger partial charge in [-0.3, -0.25) is 0 Å². The van der Waals surface area contributed by atoms with Crippen LogP contribution in [-0.2, 0) is 123 Å². The van der Waals surface area contributed by atoms with Crippen molar-refractivity contribution in [2.24, 2.45) is 0 Å². The zero-order valence-electron chi connectivity index (χ0n) is 70.1. The molecular weight excluding hydrogens is 1580 g/mol. The summed E-state index contributed by atoms with van der Waals surface area (Å²) in [7, 11) is -22.6. The zero-order chi connectivity index (χ0) is 88.5. The molecule has 0 bridgehead atoms. The summed E-state index contributed by atoms with van der Waals surface area (Å²) >= 11 is 0. The summed E-state index contributed by atoms with van der Waals surface area (Å²) in [5.41, 5.74) is 0. The number of hydrogen-bond donors (Lipinski definition) is 0. The molecule has 0 saturated heterocycles. The minimum atomic E-state index is -5.64. The first-order valence-corrected chi connectivity index (χ1v) is 44.8. The van der Waals surface area contributed by atoms with E-state index in [1.807, 2.05) is 48.6 Å². The molecule has 0 atom stereocenters. The molecule has 0 fully saturated rings. The maximum absolute atomic E-state index is 10.1. The highest BCUT2D eigenvalue weighted by Gasteiger charge is 2.07. The van der Waals surface area contributed by atoms with E-state index in [9.17, 15) is 16.8 Å². The van der Waals surface area contributed by atoms with E-state index in [2.05, 4.69) is 331 Å². The maximum atomic E-state index is 10.1. The van der Waals surface area contributed by atoms with Crippen LogP contribution < -0.4 is 75.7 Å². The lowest BCUT2D eigenvalue weighted by atomic mass is 10.3.